The normalized spacial score (nSPS) is 14.3. The lowest BCUT2D eigenvalue weighted by molar-refractivity contribution is -0.147. The standard InChI is InChI=1S/C18H22Cl2N2O5S/c19-15-7-6-14(10-16(15)20)28(25,26)22-11-18(24)27-12-17(23)21-9-8-13-4-2-1-3-5-13/h4,6-7,10,22H,1-3,5,8-9,11-12H2,(H,21,23). The van der Waals surface area contributed by atoms with Crippen LogP contribution in [0, 0.1) is 0 Å². The molecule has 0 heterocycles. The van der Waals surface area contributed by atoms with E-state index in [9.17, 15) is 18.0 Å². The van der Waals surface area contributed by atoms with Crippen molar-refractivity contribution in [2.75, 3.05) is 19.7 Å². The Bertz CT molecular complexity index is 856. The number of halogens is 2. The van der Waals surface area contributed by atoms with Crippen molar-refractivity contribution < 1.29 is 22.7 Å². The number of hydrogen-bond acceptors (Lipinski definition) is 5. The molecule has 1 aromatic rings. The van der Waals surface area contributed by atoms with Gasteiger partial charge in [0.25, 0.3) is 5.91 Å². The number of benzene rings is 1. The van der Waals surface area contributed by atoms with Crippen molar-refractivity contribution in [3.05, 3.63) is 39.9 Å². The molecule has 1 aliphatic carbocycles. The minimum atomic E-state index is -3.96. The Kier molecular flexibility index (Phi) is 8.75. The van der Waals surface area contributed by atoms with Gasteiger partial charge in [0.2, 0.25) is 10.0 Å². The molecule has 154 valence electrons. The number of carbonyl (C=O) groups is 2. The summed E-state index contributed by atoms with van der Waals surface area (Å²) in [6.45, 7) is -0.596. The van der Waals surface area contributed by atoms with E-state index >= 15 is 0 Å². The van der Waals surface area contributed by atoms with Crippen LogP contribution in [0.5, 0.6) is 0 Å². The smallest absolute Gasteiger partial charge is 0.321 e. The summed E-state index contributed by atoms with van der Waals surface area (Å²) >= 11 is 11.5. The van der Waals surface area contributed by atoms with Crippen LogP contribution in [0.15, 0.2) is 34.7 Å². The number of hydrogen-bond donors (Lipinski definition) is 2. The number of carbonyl (C=O) groups excluding carboxylic acids is 2. The van der Waals surface area contributed by atoms with Gasteiger partial charge in [0.15, 0.2) is 6.61 Å². The summed E-state index contributed by atoms with van der Waals surface area (Å²) in [5, 5.41) is 2.96. The molecule has 1 amide bonds. The molecule has 0 fully saturated rings. The maximum atomic E-state index is 12.1. The second kappa shape index (κ2) is 10.8. The maximum absolute atomic E-state index is 12.1. The molecule has 0 unspecified atom stereocenters. The van der Waals surface area contributed by atoms with Crippen LogP contribution in [-0.4, -0.2) is 40.0 Å². The summed E-state index contributed by atoms with van der Waals surface area (Å²) in [4.78, 5) is 23.3. The molecule has 0 aliphatic heterocycles. The summed E-state index contributed by atoms with van der Waals surface area (Å²) in [6, 6.07) is 3.77. The minimum Gasteiger partial charge on any atom is -0.455 e. The number of ether oxygens (including phenoxy) is 1. The van der Waals surface area contributed by atoms with Crippen molar-refractivity contribution >= 4 is 45.1 Å². The van der Waals surface area contributed by atoms with E-state index < -0.39 is 35.1 Å². The van der Waals surface area contributed by atoms with E-state index in [1.165, 1.54) is 36.6 Å². The topological polar surface area (TPSA) is 102 Å². The van der Waals surface area contributed by atoms with Crippen LogP contribution < -0.4 is 10.0 Å². The third-order valence-electron chi connectivity index (χ3n) is 4.13. The van der Waals surface area contributed by atoms with Crippen LogP contribution in [0.3, 0.4) is 0 Å². The molecule has 1 aromatic carbocycles. The summed E-state index contributed by atoms with van der Waals surface area (Å²) in [5.74, 6) is -1.30. The Labute approximate surface area is 174 Å². The van der Waals surface area contributed by atoms with E-state index in [1.807, 2.05) is 0 Å². The van der Waals surface area contributed by atoms with Crippen molar-refractivity contribution in [3.8, 4) is 0 Å². The van der Waals surface area contributed by atoms with Gasteiger partial charge in [0, 0.05) is 6.54 Å². The first-order valence-electron chi connectivity index (χ1n) is 8.83. The molecule has 0 saturated carbocycles. The van der Waals surface area contributed by atoms with Crippen LogP contribution in [0.25, 0.3) is 0 Å². The number of nitrogens with one attached hydrogen (secondary N) is 2. The third kappa shape index (κ3) is 7.43. The third-order valence-corrected chi connectivity index (χ3v) is 6.26. The molecule has 10 heteroatoms. The number of allylic oxidation sites excluding steroid dienone is 1. The zero-order valence-corrected chi connectivity index (χ0v) is 17.5. The second-order valence-corrected chi connectivity index (χ2v) is 8.85. The van der Waals surface area contributed by atoms with Crippen LogP contribution >= 0.6 is 23.2 Å². The fourth-order valence-corrected chi connectivity index (χ4v) is 3.98. The predicted molar refractivity (Wildman–Crippen MR) is 107 cm³/mol. The Balaban J connectivity index is 1.69. The minimum absolute atomic E-state index is 0.0766. The maximum Gasteiger partial charge on any atom is 0.321 e. The molecule has 0 saturated heterocycles. The molecule has 28 heavy (non-hydrogen) atoms. The quantitative estimate of drug-likeness (QED) is 0.446. The zero-order valence-electron chi connectivity index (χ0n) is 15.2. The largest absolute Gasteiger partial charge is 0.455 e. The van der Waals surface area contributed by atoms with Gasteiger partial charge in [0.05, 0.1) is 14.9 Å². The molecule has 1 aliphatic rings. The molecule has 0 bridgehead atoms. The highest BCUT2D eigenvalue weighted by molar-refractivity contribution is 7.89. The van der Waals surface area contributed by atoms with E-state index in [-0.39, 0.29) is 14.9 Å². The molecular formula is C18H22Cl2N2O5S. The van der Waals surface area contributed by atoms with Gasteiger partial charge in [-0.05, 0) is 50.3 Å². The fraction of sp³-hybridized carbons (Fsp3) is 0.444. The van der Waals surface area contributed by atoms with E-state index in [2.05, 4.69) is 16.1 Å². The Morgan fingerprint density at radius 1 is 1.14 bits per heavy atom. The lowest BCUT2D eigenvalue weighted by Gasteiger charge is -2.13. The van der Waals surface area contributed by atoms with Crippen molar-refractivity contribution in [1.82, 2.24) is 10.0 Å². The van der Waals surface area contributed by atoms with E-state index in [0.717, 1.165) is 19.3 Å². The summed E-state index contributed by atoms with van der Waals surface area (Å²) < 4.78 is 31.1. The van der Waals surface area contributed by atoms with Gasteiger partial charge in [-0.2, -0.15) is 4.72 Å². The summed E-state index contributed by atoms with van der Waals surface area (Å²) in [5.41, 5.74) is 1.33. The Morgan fingerprint density at radius 2 is 1.93 bits per heavy atom. The Hall–Kier alpha value is -1.61. The molecular weight excluding hydrogens is 427 g/mol. The van der Waals surface area contributed by atoms with Crippen LogP contribution in [0.1, 0.15) is 32.1 Å². The first kappa shape index (κ1) is 22.7. The van der Waals surface area contributed by atoms with Crippen molar-refractivity contribution in [2.24, 2.45) is 0 Å². The molecule has 0 spiro atoms. The van der Waals surface area contributed by atoms with Crippen molar-refractivity contribution in [2.45, 2.75) is 37.0 Å². The molecule has 0 radical (unpaired) electrons. The summed E-state index contributed by atoms with van der Waals surface area (Å²) in [6.07, 6.45) is 7.51. The molecule has 0 atom stereocenters. The summed E-state index contributed by atoms with van der Waals surface area (Å²) in [7, 11) is -3.96. The molecule has 0 aromatic heterocycles. The van der Waals surface area contributed by atoms with Crippen LogP contribution in [0.4, 0.5) is 0 Å². The second-order valence-electron chi connectivity index (χ2n) is 6.27. The van der Waals surface area contributed by atoms with Crippen LogP contribution in [-0.2, 0) is 24.3 Å². The average Bonchev–Trinajstić information content (AvgIpc) is 2.67. The SMILES string of the molecule is O=C(COC(=O)CNS(=O)(=O)c1ccc(Cl)c(Cl)c1)NCCC1=CCCCC1. The van der Waals surface area contributed by atoms with Gasteiger partial charge in [0.1, 0.15) is 6.54 Å². The van der Waals surface area contributed by atoms with Crippen molar-refractivity contribution in [3.63, 3.8) is 0 Å². The molecule has 2 rings (SSSR count). The fourth-order valence-electron chi connectivity index (χ4n) is 2.62. The van der Waals surface area contributed by atoms with Gasteiger partial charge < -0.3 is 10.1 Å². The number of esters is 1. The number of sulfonamides is 1. The Morgan fingerprint density at radius 3 is 2.61 bits per heavy atom. The molecule has 2 N–H and O–H groups in total. The van der Waals surface area contributed by atoms with Gasteiger partial charge in [-0.3, -0.25) is 9.59 Å². The van der Waals surface area contributed by atoms with E-state index in [0.29, 0.717) is 6.54 Å². The van der Waals surface area contributed by atoms with E-state index in [4.69, 9.17) is 27.9 Å². The lowest BCUT2D eigenvalue weighted by atomic mass is 9.97. The van der Waals surface area contributed by atoms with Gasteiger partial charge in [-0.15, -0.1) is 0 Å². The highest BCUT2D eigenvalue weighted by Gasteiger charge is 2.18. The zero-order chi connectivity index (χ0) is 20.6. The van der Waals surface area contributed by atoms with Crippen LogP contribution in [0.2, 0.25) is 10.0 Å². The first-order valence-corrected chi connectivity index (χ1v) is 11.1. The van der Waals surface area contributed by atoms with Gasteiger partial charge >= 0.3 is 5.97 Å². The number of amides is 1. The van der Waals surface area contributed by atoms with Gasteiger partial charge in [-0.25, -0.2) is 8.42 Å². The monoisotopic (exact) mass is 448 g/mol. The van der Waals surface area contributed by atoms with E-state index in [1.54, 1.807) is 0 Å². The molecule has 7 nitrogen and oxygen atoms in total. The van der Waals surface area contributed by atoms with Gasteiger partial charge in [-0.1, -0.05) is 34.9 Å². The predicted octanol–water partition coefficient (Wildman–Crippen LogP) is 2.82. The highest BCUT2D eigenvalue weighted by Crippen LogP contribution is 2.24. The number of rotatable bonds is 9. The highest BCUT2D eigenvalue weighted by atomic mass is 35.5. The van der Waals surface area contributed by atoms with Crippen molar-refractivity contribution in [1.29, 1.82) is 0 Å². The average molecular weight is 449 g/mol. The first-order chi connectivity index (χ1) is 13.3. The lowest BCUT2D eigenvalue weighted by Crippen LogP contribution is -2.34.